The Morgan fingerprint density at radius 2 is 2.06 bits per heavy atom. The Morgan fingerprint density at radius 3 is 2.47 bits per heavy atom. The van der Waals surface area contributed by atoms with Gasteiger partial charge in [-0.25, -0.2) is 13.1 Å². The highest BCUT2D eigenvalue weighted by molar-refractivity contribution is 9.10. The van der Waals surface area contributed by atoms with Gasteiger partial charge in [-0.1, -0.05) is 13.8 Å². The van der Waals surface area contributed by atoms with Crippen LogP contribution in [0, 0.1) is 0 Å². The van der Waals surface area contributed by atoms with Gasteiger partial charge in [-0.2, -0.15) is 0 Å². The number of thiophene rings is 1. The molecule has 1 heterocycles. The van der Waals surface area contributed by atoms with Crippen LogP contribution in [0.5, 0.6) is 0 Å². The fourth-order valence-electron chi connectivity index (χ4n) is 1.28. The molecule has 7 heteroatoms. The highest BCUT2D eigenvalue weighted by Gasteiger charge is 2.25. The van der Waals surface area contributed by atoms with Crippen molar-refractivity contribution < 1.29 is 8.42 Å². The van der Waals surface area contributed by atoms with Crippen molar-refractivity contribution in [3.63, 3.8) is 0 Å². The molecule has 0 aliphatic heterocycles. The van der Waals surface area contributed by atoms with Crippen LogP contribution in [0.4, 0.5) is 0 Å². The first-order valence-corrected chi connectivity index (χ1v) is 8.52. The van der Waals surface area contributed by atoms with Crippen LogP contribution in [0.3, 0.4) is 0 Å². The molecule has 1 aromatic heterocycles. The van der Waals surface area contributed by atoms with E-state index in [1.165, 1.54) is 11.3 Å². The van der Waals surface area contributed by atoms with E-state index in [0.29, 0.717) is 8.68 Å². The summed E-state index contributed by atoms with van der Waals surface area (Å²) in [5.74, 6) is 0. The maximum Gasteiger partial charge on any atom is 0.251 e. The summed E-state index contributed by atoms with van der Waals surface area (Å²) in [5.41, 5.74) is 5.58. The van der Waals surface area contributed by atoms with Gasteiger partial charge in [0.1, 0.15) is 4.21 Å². The Labute approximate surface area is 115 Å². The third kappa shape index (κ3) is 3.75. The quantitative estimate of drug-likeness (QED) is 0.834. The fourth-order valence-corrected chi connectivity index (χ4v) is 4.79. The van der Waals surface area contributed by atoms with Crippen molar-refractivity contribution in [2.75, 3.05) is 6.54 Å². The second-order valence-electron chi connectivity index (χ2n) is 3.95. The van der Waals surface area contributed by atoms with Crippen molar-refractivity contribution in [2.24, 2.45) is 5.73 Å². The van der Waals surface area contributed by atoms with Gasteiger partial charge >= 0.3 is 0 Å². The van der Waals surface area contributed by atoms with E-state index >= 15 is 0 Å². The predicted molar refractivity (Wildman–Crippen MR) is 74.7 cm³/mol. The summed E-state index contributed by atoms with van der Waals surface area (Å²) < 4.78 is 27.5. The Hall–Kier alpha value is 0.0500. The number of hydrogen-bond donors (Lipinski definition) is 2. The Kier molecular flexibility index (Phi) is 5.15. The largest absolute Gasteiger partial charge is 0.324 e. The Morgan fingerprint density at radius 1 is 1.47 bits per heavy atom. The maximum atomic E-state index is 12.0. The SMILES string of the molecule is CCC(N)(CC)CNS(=O)(=O)c1sccc1Br. The van der Waals surface area contributed by atoms with E-state index < -0.39 is 15.6 Å². The van der Waals surface area contributed by atoms with Gasteiger partial charge in [-0.05, 0) is 40.2 Å². The standard InChI is InChI=1S/C10H17BrN2O2S2/c1-3-10(12,4-2)7-13-17(14,15)9-8(11)5-6-16-9/h5-6,13H,3-4,7,12H2,1-2H3. The lowest BCUT2D eigenvalue weighted by Crippen LogP contribution is -2.49. The molecule has 0 amide bonds. The molecule has 0 fully saturated rings. The molecule has 0 aliphatic rings. The smallest absolute Gasteiger partial charge is 0.251 e. The molecular weight excluding hydrogens is 324 g/mol. The Bertz CT molecular complexity index is 466. The lowest BCUT2D eigenvalue weighted by atomic mass is 9.95. The zero-order valence-electron chi connectivity index (χ0n) is 9.86. The van der Waals surface area contributed by atoms with E-state index in [2.05, 4.69) is 20.7 Å². The first-order chi connectivity index (χ1) is 7.84. The zero-order chi connectivity index (χ0) is 13.1. The monoisotopic (exact) mass is 340 g/mol. The number of nitrogens with two attached hydrogens (primary N) is 1. The molecule has 0 saturated carbocycles. The summed E-state index contributed by atoms with van der Waals surface area (Å²) in [7, 11) is -3.46. The van der Waals surface area contributed by atoms with Crippen molar-refractivity contribution in [1.82, 2.24) is 4.72 Å². The van der Waals surface area contributed by atoms with E-state index in [4.69, 9.17) is 5.73 Å². The predicted octanol–water partition coefficient (Wildman–Crippen LogP) is 2.31. The van der Waals surface area contributed by atoms with Crippen molar-refractivity contribution in [2.45, 2.75) is 36.4 Å². The number of sulfonamides is 1. The van der Waals surface area contributed by atoms with Gasteiger partial charge in [-0.3, -0.25) is 0 Å². The summed E-state index contributed by atoms with van der Waals surface area (Å²) in [4.78, 5) is 0. The molecule has 17 heavy (non-hydrogen) atoms. The third-order valence-corrected chi connectivity index (χ3v) is 6.92. The first-order valence-electron chi connectivity index (χ1n) is 5.36. The molecule has 0 spiro atoms. The molecule has 0 aliphatic carbocycles. The molecule has 98 valence electrons. The number of nitrogens with one attached hydrogen (secondary N) is 1. The summed E-state index contributed by atoms with van der Waals surface area (Å²) in [6.45, 7) is 4.17. The number of rotatable bonds is 6. The van der Waals surface area contributed by atoms with Crippen molar-refractivity contribution in [3.05, 3.63) is 15.9 Å². The van der Waals surface area contributed by atoms with Gasteiger partial charge in [0.15, 0.2) is 0 Å². The average Bonchev–Trinajstić information content (AvgIpc) is 2.73. The maximum absolute atomic E-state index is 12.0. The van der Waals surface area contributed by atoms with Crippen LogP contribution < -0.4 is 10.5 Å². The van der Waals surface area contributed by atoms with E-state index in [1.54, 1.807) is 11.4 Å². The van der Waals surface area contributed by atoms with Gasteiger partial charge in [0.2, 0.25) is 0 Å². The van der Waals surface area contributed by atoms with Crippen molar-refractivity contribution >= 4 is 37.3 Å². The normalized spacial score (nSPS) is 12.9. The van der Waals surface area contributed by atoms with Gasteiger partial charge in [0, 0.05) is 16.6 Å². The molecule has 0 aromatic carbocycles. The lowest BCUT2D eigenvalue weighted by Gasteiger charge is -2.26. The molecule has 0 bridgehead atoms. The second-order valence-corrected chi connectivity index (χ2v) is 7.68. The molecular formula is C10H17BrN2O2S2. The minimum absolute atomic E-state index is 0.257. The van der Waals surface area contributed by atoms with Crippen LogP contribution in [0.1, 0.15) is 26.7 Å². The molecule has 0 radical (unpaired) electrons. The van der Waals surface area contributed by atoms with Crippen LogP contribution in [-0.4, -0.2) is 20.5 Å². The highest BCUT2D eigenvalue weighted by atomic mass is 79.9. The average molecular weight is 341 g/mol. The summed E-state index contributed by atoms with van der Waals surface area (Å²) in [6, 6.07) is 1.72. The van der Waals surface area contributed by atoms with Crippen LogP contribution >= 0.6 is 27.3 Å². The van der Waals surface area contributed by atoms with E-state index in [9.17, 15) is 8.42 Å². The molecule has 1 rings (SSSR count). The highest BCUT2D eigenvalue weighted by Crippen LogP contribution is 2.27. The molecule has 1 aromatic rings. The van der Waals surface area contributed by atoms with Crippen LogP contribution in [0.2, 0.25) is 0 Å². The van der Waals surface area contributed by atoms with Crippen molar-refractivity contribution in [3.8, 4) is 0 Å². The molecule has 0 saturated heterocycles. The topological polar surface area (TPSA) is 72.2 Å². The van der Waals surface area contributed by atoms with Crippen LogP contribution in [0.25, 0.3) is 0 Å². The number of hydrogen-bond acceptors (Lipinski definition) is 4. The summed E-state index contributed by atoms with van der Waals surface area (Å²) in [5, 5.41) is 1.73. The fraction of sp³-hybridized carbons (Fsp3) is 0.600. The molecule has 0 unspecified atom stereocenters. The van der Waals surface area contributed by atoms with E-state index in [-0.39, 0.29) is 6.54 Å². The lowest BCUT2D eigenvalue weighted by molar-refractivity contribution is 0.392. The number of halogens is 1. The second kappa shape index (κ2) is 5.79. The first kappa shape index (κ1) is 15.1. The zero-order valence-corrected chi connectivity index (χ0v) is 13.1. The van der Waals surface area contributed by atoms with Crippen molar-refractivity contribution in [1.29, 1.82) is 0 Å². The van der Waals surface area contributed by atoms with E-state index in [0.717, 1.165) is 12.8 Å². The minimum atomic E-state index is -3.46. The van der Waals surface area contributed by atoms with Crippen LogP contribution in [-0.2, 0) is 10.0 Å². The molecule has 0 atom stereocenters. The summed E-state index contributed by atoms with van der Waals surface area (Å²) >= 11 is 4.40. The van der Waals surface area contributed by atoms with Crippen LogP contribution in [0.15, 0.2) is 20.1 Å². The Balaban J connectivity index is 2.79. The van der Waals surface area contributed by atoms with Gasteiger partial charge in [0.05, 0.1) is 0 Å². The third-order valence-electron chi connectivity index (χ3n) is 2.85. The molecule has 4 nitrogen and oxygen atoms in total. The minimum Gasteiger partial charge on any atom is -0.324 e. The van der Waals surface area contributed by atoms with Gasteiger partial charge < -0.3 is 5.73 Å². The van der Waals surface area contributed by atoms with Gasteiger partial charge in [0.25, 0.3) is 10.0 Å². The summed E-state index contributed by atoms with van der Waals surface area (Å²) in [6.07, 6.45) is 1.47. The molecule has 3 N–H and O–H groups in total. The van der Waals surface area contributed by atoms with Gasteiger partial charge in [-0.15, -0.1) is 11.3 Å². The van der Waals surface area contributed by atoms with E-state index in [1.807, 2.05) is 13.8 Å².